The van der Waals surface area contributed by atoms with Gasteiger partial charge < -0.3 is 9.72 Å². The maximum Gasteiger partial charge on any atom is 0.350 e. The molecule has 0 fully saturated rings. The Labute approximate surface area is 164 Å². The van der Waals surface area contributed by atoms with Gasteiger partial charge in [-0.2, -0.15) is 0 Å². The van der Waals surface area contributed by atoms with Crippen molar-refractivity contribution in [3.05, 3.63) is 80.8 Å². The van der Waals surface area contributed by atoms with Crippen molar-refractivity contribution in [2.24, 2.45) is 0 Å². The number of aromatic nitrogens is 3. The molecule has 7 heteroatoms. The number of aryl methyl sites for hydroxylation is 2. The first-order valence-corrected chi connectivity index (χ1v) is 9.53. The number of ether oxygens (including phenoxy) is 1. The Hall–Kier alpha value is -3.32. The zero-order chi connectivity index (χ0) is 19.7. The van der Waals surface area contributed by atoms with Gasteiger partial charge in [0.2, 0.25) is 0 Å². The summed E-state index contributed by atoms with van der Waals surface area (Å²) >= 11 is 1.29. The zero-order valence-electron chi connectivity index (χ0n) is 15.4. The number of H-pyrrole nitrogens is 1. The van der Waals surface area contributed by atoms with Gasteiger partial charge in [-0.05, 0) is 25.5 Å². The first kappa shape index (κ1) is 18.1. The van der Waals surface area contributed by atoms with E-state index in [0.717, 1.165) is 16.1 Å². The van der Waals surface area contributed by atoms with E-state index in [4.69, 9.17) is 4.74 Å². The number of hydrogen-bond acceptors (Lipinski definition) is 6. The van der Waals surface area contributed by atoms with Gasteiger partial charge in [-0.3, -0.25) is 4.79 Å². The van der Waals surface area contributed by atoms with Crippen molar-refractivity contribution < 1.29 is 9.53 Å². The fourth-order valence-electron chi connectivity index (χ4n) is 2.91. The quantitative estimate of drug-likeness (QED) is 0.531. The number of hydrogen-bond donors (Lipinski definition) is 1. The molecule has 2 aromatic heterocycles. The molecule has 0 aliphatic heterocycles. The fourth-order valence-corrected chi connectivity index (χ4v) is 3.88. The van der Waals surface area contributed by atoms with E-state index in [2.05, 4.69) is 15.0 Å². The molecule has 28 heavy (non-hydrogen) atoms. The molecule has 0 bridgehead atoms. The summed E-state index contributed by atoms with van der Waals surface area (Å²) in [4.78, 5) is 36.8. The molecular formula is C21H17N3O3S. The van der Waals surface area contributed by atoms with E-state index in [0.29, 0.717) is 27.3 Å². The molecule has 140 valence electrons. The van der Waals surface area contributed by atoms with E-state index >= 15 is 0 Å². The van der Waals surface area contributed by atoms with Gasteiger partial charge in [-0.1, -0.05) is 42.5 Å². The van der Waals surface area contributed by atoms with E-state index in [1.54, 1.807) is 13.0 Å². The molecule has 1 N–H and O–H groups in total. The Balaban J connectivity index is 1.55. The molecule has 2 heterocycles. The largest absolute Gasteiger partial charge is 0.453 e. The van der Waals surface area contributed by atoms with E-state index in [1.807, 2.05) is 49.4 Å². The van der Waals surface area contributed by atoms with Crippen molar-refractivity contribution in [2.45, 2.75) is 20.5 Å². The monoisotopic (exact) mass is 391 g/mol. The predicted molar refractivity (Wildman–Crippen MR) is 109 cm³/mol. The SMILES string of the molecule is Cc1nc(-c2ccccc2)sc1C(=O)OCc1nc2c(C)cccc2c(=O)[nH]1. The van der Waals surface area contributed by atoms with Crippen molar-refractivity contribution in [2.75, 3.05) is 0 Å². The predicted octanol–water partition coefficient (Wildman–Crippen LogP) is 4.02. The van der Waals surface area contributed by atoms with Crippen LogP contribution in [0.25, 0.3) is 21.5 Å². The van der Waals surface area contributed by atoms with Gasteiger partial charge in [0.1, 0.15) is 22.3 Å². The molecule has 4 aromatic rings. The molecule has 0 atom stereocenters. The van der Waals surface area contributed by atoms with Gasteiger partial charge in [0, 0.05) is 5.56 Å². The minimum Gasteiger partial charge on any atom is -0.453 e. The van der Waals surface area contributed by atoms with Crippen LogP contribution in [0.1, 0.15) is 26.8 Å². The van der Waals surface area contributed by atoms with E-state index < -0.39 is 5.97 Å². The number of benzene rings is 2. The zero-order valence-corrected chi connectivity index (χ0v) is 16.2. The highest BCUT2D eigenvalue weighted by molar-refractivity contribution is 7.17. The molecule has 0 radical (unpaired) electrons. The third-order valence-corrected chi connectivity index (χ3v) is 5.52. The summed E-state index contributed by atoms with van der Waals surface area (Å²) in [6.07, 6.45) is 0. The summed E-state index contributed by atoms with van der Waals surface area (Å²) in [6.45, 7) is 3.55. The number of aromatic amines is 1. The molecule has 4 rings (SSSR count). The summed E-state index contributed by atoms with van der Waals surface area (Å²) in [5.41, 5.74) is 2.81. The van der Waals surface area contributed by atoms with E-state index in [1.165, 1.54) is 11.3 Å². The topological polar surface area (TPSA) is 84.9 Å². The normalized spacial score (nSPS) is 10.9. The number of carbonyl (C=O) groups is 1. The average molecular weight is 391 g/mol. The molecule has 0 saturated carbocycles. The van der Waals surface area contributed by atoms with Crippen LogP contribution in [0.5, 0.6) is 0 Å². The lowest BCUT2D eigenvalue weighted by molar-refractivity contribution is 0.0467. The number of rotatable bonds is 4. The molecule has 2 aromatic carbocycles. The number of para-hydroxylation sites is 1. The minimum absolute atomic E-state index is 0.115. The van der Waals surface area contributed by atoms with Crippen molar-refractivity contribution in [3.8, 4) is 10.6 Å². The molecule has 6 nitrogen and oxygen atoms in total. The Morgan fingerprint density at radius 1 is 1.07 bits per heavy atom. The van der Waals surface area contributed by atoms with Crippen molar-refractivity contribution >= 4 is 28.2 Å². The number of carbonyl (C=O) groups excluding carboxylic acids is 1. The van der Waals surface area contributed by atoms with Gasteiger partial charge in [-0.15, -0.1) is 11.3 Å². The van der Waals surface area contributed by atoms with Crippen LogP contribution in [-0.2, 0) is 11.3 Å². The first-order chi connectivity index (χ1) is 13.5. The third kappa shape index (κ3) is 3.44. The van der Waals surface area contributed by atoms with Crippen LogP contribution in [0.15, 0.2) is 53.3 Å². The molecule has 0 aliphatic carbocycles. The standard InChI is InChI=1S/C21H17N3O3S/c1-12-7-6-10-15-17(12)23-16(24-19(15)25)11-27-21(26)18-13(2)22-20(28-18)14-8-4-3-5-9-14/h3-10H,11H2,1-2H3,(H,23,24,25). The molecule has 0 unspecified atom stereocenters. The van der Waals surface area contributed by atoms with Crippen LogP contribution in [-0.4, -0.2) is 20.9 Å². The van der Waals surface area contributed by atoms with E-state index in [9.17, 15) is 9.59 Å². The van der Waals surface area contributed by atoms with Gasteiger partial charge in [0.15, 0.2) is 0 Å². The minimum atomic E-state index is -0.482. The maximum atomic E-state index is 12.5. The lowest BCUT2D eigenvalue weighted by Gasteiger charge is -2.06. The van der Waals surface area contributed by atoms with Crippen molar-refractivity contribution in [1.82, 2.24) is 15.0 Å². The summed E-state index contributed by atoms with van der Waals surface area (Å²) in [5.74, 6) is -0.171. The summed E-state index contributed by atoms with van der Waals surface area (Å²) < 4.78 is 5.39. The second-order valence-electron chi connectivity index (χ2n) is 6.36. The van der Waals surface area contributed by atoms with Crippen LogP contribution in [0, 0.1) is 13.8 Å². The third-order valence-electron chi connectivity index (χ3n) is 4.33. The summed E-state index contributed by atoms with van der Waals surface area (Å²) in [6, 6.07) is 15.1. The lowest BCUT2D eigenvalue weighted by atomic mass is 10.1. The smallest absolute Gasteiger partial charge is 0.350 e. The van der Waals surface area contributed by atoms with Gasteiger partial charge in [0.25, 0.3) is 5.56 Å². The Morgan fingerprint density at radius 3 is 2.64 bits per heavy atom. The molecule has 0 saturated heterocycles. The highest BCUT2D eigenvalue weighted by atomic mass is 32.1. The fraction of sp³-hybridized carbons (Fsp3) is 0.143. The van der Waals surface area contributed by atoms with Crippen LogP contribution < -0.4 is 5.56 Å². The van der Waals surface area contributed by atoms with Gasteiger partial charge >= 0.3 is 5.97 Å². The van der Waals surface area contributed by atoms with Crippen molar-refractivity contribution in [3.63, 3.8) is 0 Å². The van der Waals surface area contributed by atoms with Crippen LogP contribution in [0.4, 0.5) is 0 Å². The Kier molecular flexibility index (Phi) is 4.75. The number of nitrogens with zero attached hydrogens (tertiary/aromatic N) is 2. The van der Waals surface area contributed by atoms with Gasteiger partial charge in [0.05, 0.1) is 16.6 Å². The molecular weight excluding hydrogens is 374 g/mol. The number of esters is 1. The number of fused-ring (bicyclic) bond motifs is 1. The first-order valence-electron chi connectivity index (χ1n) is 8.71. The second-order valence-corrected chi connectivity index (χ2v) is 7.36. The number of nitrogens with one attached hydrogen (secondary N) is 1. The highest BCUT2D eigenvalue weighted by Gasteiger charge is 2.18. The van der Waals surface area contributed by atoms with Gasteiger partial charge in [-0.25, -0.2) is 14.8 Å². The maximum absolute atomic E-state index is 12.5. The molecule has 0 aliphatic rings. The van der Waals surface area contributed by atoms with E-state index in [-0.39, 0.29) is 12.2 Å². The second kappa shape index (κ2) is 7.36. The van der Waals surface area contributed by atoms with Crippen LogP contribution in [0.2, 0.25) is 0 Å². The summed E-state index contributed by atoms with van der Waals surface area (Å²) in [5, 5.41) is 1.28. The van der Waals surface area contributed by atoms with Crippen molar-refractivity contribution in [1.29, 1.82) is 0 Å². The van der Waals surface area contributed by atoms with Crippen LogP contribution >= 0.6 is 11.3 Å². The lowest BCUT2D eigenvalue weighted by Crippen LogP contribution is -2.15. The Bertz CT molecular complexity index is 1230. The Morgan fingerprint density at radius 2 is 1.86 bits per heavy atom. The summed E-state index contributed by atoms with van der Waals surface area (Å²) in [7, 11) is 0. The molecule has 0 spiro atoms. The molecule has 0 amide bonds. The van der Waals surface area contributed by atoms with Crippen LogP contribution in [0.3, 0.4) is 0 Å². The highest BCUT2D eigenvalue weighted by Crippen LogP contribution is 2.28. The average Bonchev–Trinajstić information content (AvgIpc) is 3.09. The number of thiazole rings is 1.